The number of aryl methyl sites for hydroxylation is 2. The minimum absolute atomic E-state index is 0.109. The summed E-state index contributed by atoms with van der Waals surface area (Å²) in [5.41, 5.74) is 1.57. The second-order valence-electron chi connectivity index (χ2n) is 3.92. The summed E-state index contributed by atoms with van der Waals surface area (Å²) in [6.45, 7) is 4.89. The van der Waals surface area contributed by atoms with Crippen LogP contribution in [-0.4, -0.2) is 19.7 Å². The average Bonchev–Trinajstić information content (AvgIpc) is 2.77. The molecule has 0 atom stereocenters. The minimum atomic E-state index is -0.109. The molecule has 0 spiro atoms. The Balaban J connectivity index is 2.40. The molecule has 0 aliphatic carbocycles. The van der Waals surface area contributed by atoms with Crippen molar-refractivity contribution in [3.05, 3.63) is 34.5 Å². The molecule has 2 rings (SSSR count). The highest BCUT2D eigenvalue weighted by molar-refractivity contribution is 5.51. The highest BCUT2D eigenvalue weighted by atomic mass is 16.1. The Morgan fingerprint density at radius 3 is 2.88 bits per heavy atom. The number of rotatable bonds is 4. The van der Waals surface area contributed by atoms with Crippen molar-refractivity contribution in [2.24, 2.45) is 0 Å². The molecule has 2 heterocycles. The fourth-order valence-electron chi connectivity index (χ4n) is 1.69. The SMILES string of the molecule is CCCc1cc(=O)[nH]c(-c2cnn(CC)c2)n1. The van der Waals surface area contributed by atoms with Gasteiger partial charge in [0.05, 0.1) is 11.8 Å². The number of hydrogen-bond donors (Lipinski definition) is 1. The third kappa shape index (κ3) is 2.61. The molecular formula is C12H16N4O. The monoisotopic (exact) mass is 232 g/mol. The second kappa shape index (κ2) is 4.95. The van der Waals surface area contributed by atoms with Gasteiger partial charge in [-0.1, -0.05) is 13.3 Å². The van der Waals surface area contributed by atoms with Crippen LogP contribution in [0.3, 0.4) is 0 Å². The van der Waals surface area contributed by atoms with Crippen LogP contribution in [0.4, 0.5) is 0 Å². The Morgan fingerprint density at radius 2 is 2.24 bits per heavy atom. The molecule has 2 aromatic heterocycles. The van der Waals surface area contributed by atoms with Gasteiger partial charge in [-0.3, -0.25) is 9.48 Å². The normalized spacial score (nSPS) is 10.7. The lowest BCUT2D eigenvalue weighted by atomic mass is 10.2. The van der Waals surface area contributed by atoms with Gasteiger partial charge in [0, 0.05) is 24.5 Å². The van der Waals surface area contributed by atoms with Crippen LogP contribution in [0.25, 0.3) is 11.4 Å². The van der Waals surface area contributed by atoms with Crippen molar-refractivity contribution < 1.29 is 0 Å². The predicted molar refractivity (Wildman–Crippen MR) is 65.7 cm³/mol. The molecule has 0 amide bonds. The van der Waals surface area contributed by atoms with E-state index in [1.165, 1.54) is 0 Å². The van der Waals surface area contributed by atoms with Crippen LogP contribution in [0.2, 0.25) is 0 Å². The quantitative estimate of drug-likeness (QED) is 0.871. The van der Waals surface area contributed by atoms with E-state index in [2.05, 4.69) is 22.0 Å². The van der Waals surface area contributed by atoms with E-state index in [0.717, 1.165) is 30.6 Å². The Labute approximate surface area is 99.5 Å². The summed E-state index contributed by atoms with van der Waals surface area (Å²) in [5, 5.41) is 4.17. The zero-order valence-electron chi connectivity index (χ0n) is 10.1. The second-order valence-corrected chi connectivity index (χ2v) is 3.92. The van der Waals surface area contributed by atoms with Crippen LogP contribution in [0.1, 0.15) is 26.0 Å². The standard InChI is InChI=1S/C12H16N4O/c1-3-5-10-6-11(17)15-12(14-10)9-7-13-16(4-2)8-9/h6-8H,3-5H2,1-2H3,(H,14,15,17). The third-order valence-corrected chi connectivity index (χ3v) is 2.53. The van der Waals surface area contributed by atoms with E-state index < -0.39 is 0 Å². The predicted octanol–water partition coefficient (Wildman–Crippen LogP) is 1.61. The maximum absolute atomic E-state index is 11.5. The van der Waals surface area contributed by atoms with Crippen LogP contribution >= 0.6 is 0 Å². The zero-order chi connectivity index (χ0) is 12.3. The van der Waals surface area contributed by atoms with Gasteiger partial charge < -0.3 is 4.98 Å². The van der Waals surface area contributed by atoms with E-state index in [1.807, 2.05) is 17.8 Å². The van der Waals surface area contributed by atoms with E-state index in [9.17, 15) is 4.79 Å². The molecule has 0 saturated carbocycles. The highest BCUT2D eigenvalue weighted by Crippen LogP contribution is 2.12. The molecule has 1 N–H and O–H groups in total. The Bertz CT molecular complexity index is 556. The van der Waals surface area contributed by atoms with E-state index in [0.29, 0.717) is 5.82 Å². The molecule has 5 heteroatoms. The van der Waals surface area contributed by atoms with Gasteiger partial charge >= 0.3 is 0 Å². The Kier molecular flexibility index (Phi) is 3.37. The lowest BCUT2D eigenvalue weighted by Gasteiger charge is -2.00. The smallest absolute Gasteiger partial charge is 0.251 e. The summed E-state index contributed by atoms with van der Waals surface area (Å²) in [7, 11) is 0. The summed E-state index contributed by atoms with van der Waals surface area (Å²) in [4.78, 5) is 18.7. The van der Waals surface area contributed by atoms with Gasteiger partial charge in [0.25, 0.3) is 5.56 Å². The van der Waals surface area contributed by atoms with Crippen LogP contribution in [0.15, 0.2) is 23.3 Å². The fraction of sp³-hybridized carbons (Fsp3) is 0.417. The Morgan fingerprint density at radius 1 is 1.41 bits per heavy atom. The molecule has 0 unspecified atom stereocenters. The van der Waals surface area contributed by atoms with Crippen LogP contribution in [0.5, 0.6) is 0 Å². The van der Waals surface area contributed by atoms with Gasteiger partial charge in [-0.25, -0.2) is 4.98 Å². The molecule has 0 aliphatic rings. The number of aromatic amines is 1. The molecular weight excluding hydrogens is 216 g/mol. The number of nitrogens with one attached hydrogen (secondary N) is 1. The summed E-state index contributed by atoms with van der Waals surface area (Å²) in [6, 6.07) is 1.55. The van der Waals surface area contributed by atoms with E-state index in [-0.39, 0.29) is 5.56 Å². The summed E-state index contributed by atoms with van der Waals surface area (Å²) >= 11 is 0. The number of nitrogens with zero attached hydrogens (tertiary/aromatic N) is 3. The van der Waals surface area contributed by atoms with Crippen LogP contribution < -0.4 is 5.56 Å². The molecule has 0 bridgehead atoms. The van der Waals surface area contributed by atoms with Crippen LogP contribution in [-0.2, 0) is 13.0 Å². The first-order valence-electron chi connectivity index (χ1n) is 5.86. The molecule has 0 radical (unpaired) electrons. The summed E-state index contributed by atoms with van der Waals surface area (Å²) in [6.07, 6.45) is 5.40. The summed E-state index contributed by atoms with van der Waals surface area (Å²) in [5.74, 6) is 0.598. The van der Waals surface area contributed by atoms with Gasteiger partial charge in [0.15, 0.2) is 0 Å². The molecule has 2 aromatic rings. The number of aromatic nitrogens is 4. The zero-order valence-corrected chi connectivity index (χ0v) is 10.1. The molecule has 90 valence electrons. The maximum Gasteiger partial charge on any atom is 0.251 e. The van der Waals surface area contributed by atoms with Crippen molar-refractivity contribution >= 4 is 0 Å². The van der Waals surface area contributed by atoms with E-state index in [4.69, 9.17) is 0 Å². The van der Waals surface area contributed by atoms with Gasteiger partial charge in [0.1, 0.15) is 5.82 Å². The molecule has 17 heavy (non-hydrogen) atoms. The van der Waals surface area contributed by atoms with Gasteiger partial charge in [0.2, 0.25) is 0 Å². The van der Waals surface area contributed by atoms with Crippen molar-refractivity contribution in [1.82, 2.24) is 19.7 Å². The molecule has 0 fully saturated rings. The minimum Gasteiger partial charge on any atom is -0.306 e. The first-order chi connectivity index (χ1) is 8.22. The third-order valence-electron chi connectivity index (χ3n) is 2.53. The molecule has 0 saturated heterocycles. The molecule has 0 aromatic carbocycles. The topological polar surface area (TPSA) is 63.6 Å². The Hall–Kier alpha value is -1.91. The first kappa shape index (κ1) is 11.6. The van der Waals surface area contributed by atoms with Crippen molar-refractivity contribution in [1.29, 1.82) is 0 Å². The van der Waals surface area contributed by atoms with Gasteiger partial charge in [-0.15, -0.1) is 0 Å². The van der Waals surface area contributed by atoms with Gasteiger partial charge in [-0.2, -0.15) is 5.10 Å². The van der Waals surface area contributed by atoms with Gasteiger partial charge in [-0.05, 0) is 13.3 Å². The first-order valence-corrected chi connectivity index (χ1v) is 5.86. The van der Waals surface area contributed by atoms with Crippen molar-refractivity contribution in [3.63, 3.8) is 0 Å². The van der Waals surface area contributed by atoms with Crippen molar-refractivity contribution in [2.45, 2.75) is 33.2 Å². The van der Waals surface area contributed by atoms with Crippen molar-refractivity contribution in [3.8, 4) is 11.4 Å². The lowest BCUT2D eigenvalue weighted by molar-refractivity contribution is 0.660. The lowest BCUT2D eigenvalue weighted by Crippen LogP contribution is -2.10. The average molecular weight is 232 g/mol. The van der Waals surface area contributed by atoms with E-state index in [1.54, 1.807) is 12.3 Å². The maximum atomic E-state index is 11.5. The number of hydrogen-bond acceptors (Lipinski definition) is 3. The fourth-order valence-corrected chi connectivity index (χ4v) is 1.69. The number of H-pyrrole nitrogens is 1. The largest absolute Gasteiger partial charge is 0.306 e. The molecule has 0 aliphatic heterocycles. The molecule has 5 nitrogen and oxygen atoms in total. The highest BCUT2D eigenvalue weighted by Gasteiger charge is 2.05. The van der Waals surface area contributed by atoms with Crippen LogP contribution in [0, 0.1) is 0 Å². The van der Waals surface area contributed by atoms with E-state index >= 15 is 0 Å². The summed E-state index contributed by atoms with van der Waals surface area (Å²) < 4.78 is 1.81. The van der Waals surface area contributed by atoms with Crippen molar-refractivity contribution in [2.75, 3.05) is 0 Å².